The third-order valence-corrected chi connectivity index (χ3v) is 5.42. The molecule has 150 valence electrons. The summed E-state index contributed by atoms with van der Waals surface area (Å²) in [6.45, 7) is 2.20. The number of aryl methyl sites for hydroxylation is 1. The largest absolute Gasteiger partial charge is 0.205 e. The van der Waals surface area contributed by atoms with E-state index >= 15 is 4.39 Å². The first-order valence-electron chi connectivity index (χ1n) is 10.5. The molecule has 1 nitrogen and oxygen atoms in total. The van der Waals surface area contributed by atoms with E-state index in [1.807, 2.05) is 24.3 Å². The maximum absolute atomic E-state index is 15.1. The molecule has 0 aliphatic carbocycles. The Labute approximate surface area is 182 Å². The number of rotatable bonds is 4. The van der Waals surface area contributed by atoms with Crippen molar-refractivity contribution in [3.8, 4) is 29.0 Å². The molecule has 31 heavy (non-hydrogen) atoms. The van der Waals surface area contributed by atoms with Gasteiger partial charge in [-0.1, -0.05) is 67.6 Å². The lowest BCUT2D eigenvalue weighted by atomic mass is 9.98. The van der Waals surface area contributed by atoms with Crippen molar-refractivity contribution in [1.29, 1.82) is 5.26 Å². The van der Waals surface area contributed by atoms with Gasteiger partial charge in [-0.3, -0.25) is 0 Å². The summed E-state index contributed by atoms with van der Waals surface area (Å²) in [7, 11) is 0. The van der Waals surface area contributed by atoms with Crippen LogP contribution >= 0.6 is 0 Å². The quantitative estimate of drug-likeness (QED) is 0.329. The third kappa shape index (κ3) is 4.66. The average molecular weight is 404 g/mol. The lowest BCUT2D eigenvalue weighted by Gasteiger charge is -2.07. The Bertz CT molecular complexity index is 1310. The van der Waals surface area contributed by atoms with Crippen LogP contribution in [0.5, 0.6) is 0 Å². The van der Waals surface area contributed by atoms with Crippen molar-refractivity contribution in [2.75, 3.05) is 0 Å². The van der Waals surface area contributed by atoms with Crippen molar-refractivity contribution in [2.24, 2.45) is 0 Å². The Morgan fingerprint density at radius 1 is 0.774 bits per heavy atom. The second kappa shape index (κ2) is 9.29. The first kappa shape index (κ1) is 20.4. The van der Waals surface area contributed by atoms with Crippen LogP contribution in [0.1, 0.15) is 42.0 Å². The summed E-state index contributed by atoms with van der Waals surface area (Å²) in [6.07, 6.45) is 3.49. The molecular formula is C29H22FN. The van der Waals surface area contributed by atoms with E-state index in [1.54, 1.807) is 30.3 Å². The van der Waals surface area contributed by atoms with Crippen LogP contribution in [0.2, 0.25) is 0 Å². The standard InChI is InChI=1S/C29H22FN/c1-2-3-4-21-9-12-24(13-10-21)26-17-18-28-27(19-26)16-15-25(29(28)30)14-11-22-5-7-23(20-31)8-6-22/h5-10,12-13,15-19H,2-4H2,1H3. The maximum atomic E-state index is 15.1. The number of benzene rings is 4. The highest BCUT2D eigenvalue weighted by atomic mass is 19.1. The van der Waals surface area contributed by atoms with Crippen molar-refractivity contribution in [1.82, 2.24) is 0 Å². The lowest BCUT2D eigenvalue weighted by Crippen LogP contribution is -1.88. The van der Waals surface area contributed by atoms with Gasteiger partial charge in [-0.05, 0) is 71.3 Å². The van der Waals surface area contributed by atoms with Crippen LogP contribution in [0, 0.1) is 29.0 Å². The van der Waals surface area contributed by atoms with Crippen LogP contribution in [0.15, 0.2) is 78.9 Å². The number of hydrogen-bond acceptors (Lipinski definition) is 1. The van der Waals surface area contributed by atoms with E-state index in [0.717, 1.165) is 28.5 Å². The molecule has 2 heteroatoms. The highest BCUT2D eigenvalue weighted by molar-refractivity contribution is 5.89. The van der Waals surface area contributed by atoms with Crippen molar-refractivity contribution < 1.29 is 4.39 Å². The van der Waals surface area contributed by atoms with Crippen LogP contribution in [0.25, 0.3) is 21.9 Å². The molecule has 0 aliphatic heterocycles. The van der Waals surface area contributed by atoms with E-state index in [2.05, 4.69) is 49.1 Å². The number of unbranched alkanes of at least 4 members (excludes halogenated alkanes) is 1. The zero-order valence-corrected chi connectivity index (χ0v) is 17.5. The zero-order chi connectivity index (χ0) is 21.6. The molecule has 0 bridgehead atoms. The highest BCUT2D eigenvalue weighted by Gasteiger charge is 2.07. The smallest absolute Gasteiger partial charge is 0.146 e. The van der Waals surface area contributed by atoms with Crippen molar-refractivity contribution in [3.05, 3.63) is 107 Å². The number of halogens is 1. The molecule has 0 spiro atoms. The van der Waals surface area contributed by atoms with E-state index < -0.39 is 0 Å². The summed E-state index contributed by atoms with van der Waals surface area (Å²) in [5.74, 6) is 5.59. The fraction of sp³-hybridized carbons (Fsp3) is 0.138. The van der Waals surface area contributed by atoms with Gasteiger partial charge in [0.15, 0.2) is 0 Å². The Morgan fingerprint density at radius 3 is 2.19 bits per heavy atom. The second-order valence-electron chi connectivity index (χ2n) is 7.60. The van der Waals surface area contributed by atoms with E-state index in [-0.39, 0.29) is 5.82 Å². The molecule has 0 N–H and O–H groups in total. The van der Waals surface area contributed by atoms with Gasteiger partial charge in [-0.2, -0.15) is 5.26 Å². The van der Waals surface area contributed by atoms with Crippen LogP contribution in [-0.4, -0.2) is 0 Å². The number of nitriles is 1. The van der Waals surface area contributed by atoms with Crippen LogP contribution < -0.4 is 0 Å². The van der Waals surface area contributed by atoms with E-state index in [0.29, 0.717) is 16.5 Å². The molecule has 0 saturated heterocycles. The predicted molar refractivity (Wildman–Crippen MR) is 125 cm³/mol. The van der Waals surface area contributed by atoms with Gasteiger partial charge < -0.3 is 0 Å². The second-order valence-corrected chi connectivity index (χ2v) is 7.60. The number of hydrogen-bond donors (Lipinski definition) is 0. The molecule has 0 atom stereocenters. The van der Waals surface area contributed by atoms with Gasteiger partial charge in [0.05, 0.1) is 17.2 Å². The van der Waals surface area contributed by atoms with E-state index in [9.17, 15) is 0 Å². The van der Waals surface area contributed by atoms with Crippen LogP contribution in [-0.2, 0) is 6.42 Å². The van der Waals surface area contributed by atoms with Crippen molar-refractivity contribution >= 4 is 10.8 Å². The molecule has 0 saturated carbocycles. The highest BCUT2D eigenvalue weighted by Crippen LogP contribution is 2.28. The molecule has 0 fully saturated rings. The lowest BCUT2D eigenvalue weighted by molar-refractivity contribution is 0.636. The van der Waals surface area contributed by atoms with Gasteiger partial charge in [0, 0.05) is 10.9 Å². The Morgan fingerprint density at radius 2 is 1.48 bits per heavy atom. The minimum Gasteiger partial charge on any atom is -0.205 e. The van der Waals surface area contributed by atoms with Crippen LogP contribution in [0.3, 0.4) is 0 Å². The van der Waals surface area contributed by atoms with Gasteiger partial charge in [0.25, 0.3) is 0 Å². The molecule has 0 amide bonds. The van der Waals surface area contributed by atoms with Crippen LogP contribution in [0.4, 0.5) is 4.39 Å². The first-order valence-corrected chi connectivity index (χ1v) is 10.5. The fourth-order valence-electron chi connectivity index (χ4n) is 3.58. The number of fused-ring (bicyclic) bond motifs is 1. The number of nitrogens with zero attached hydrogens (tertiary/aromatic N) is 1. The monoisotopic (exact) mass is 403 g/mol. The topological polar surface area (TPSA) is 23.8 Å². The molecule has 0 heterocycles. The molecule has 0 unspecified atom stereocenters. The molecule has 4 aromatic rings. The van der Waals surface area contributed by atoms with Crippen molar-refractivity contribution in [3.63, 3.8) is 0 Å². The Kier molecular flexibility index (Phi) is 6.11. The van der Waals surface area contributed by atoms with Gasteiger partial charge in [-0.15, -0.1) is 0 Å². The molecule has 0 aromatic heterocycles. The minimum atomic E-state index is -0.305. The Balaban J connectivity index is 1.61. The van der Waals surface area contributed by atoms with Gasteiger partial charge >= 0.3 is 0 Å². The predicted octanol–water partition coefficient (Wildman–Crippen LogP) is 7.26. The van der Waals surface area contributed by atoms with Gasteiger partial charge in [-0.25, -0.2) is 4.39 Å². The molecule has 4 aromatic carbocycles. The fourth-order valence-corrected chi connectivity index (χ4v) is 3.58. The summed E-state index contributed by atoms with van der Waals surface area (Å²) >= 11 is 0. The SMILES string of the molecule is CCCCc1ccc(-c2ccc3c(F)c(C#Cc4ccc(C#N)cc4)ccc3c2)cc1. The van der Waals surface area contributed by atoms with Crippen molar-refractivity contribution in [2.45, 2.75) is 26.2 Å². The maximum Gasteiger partial charge on any atom is 0.146 e. The summed E-state index contributed by atoms with van der Waals surface area (Å²) in [5, 5.41) is 10.3. The molecule has 0 aliphatic rings. The normalized spacial score (nSPS) is 10.4. The minimum absolute atomic E-state index is 0.305. The first-order chi connectivity index (χ1) is 15.2. The summed E-state index contributed by atoms with van der Waals surface area (Å²) in [5.41, 5.74) is 5.25. The van der Waals surface area contributed by atoms with Gasteiger partial charge in [0.2, 0.25) is 0 Å². The van der Waals surface area contributed by atoms with E-state index in [1.165, 1.54) is 18.4 Å². The molecule has 4 rings (SSSR count). The summed E-state index contributed by atoms with van der Waals surface area (Å²) in [6, 6.07) is 27.1. The average Bonchev–Trinajstić information content (AvgIpc) is 2.83. The third-order valence-electron chi connectivity index (χ3n) is 5.42. The van der Waals surface area contributed by atoms with E-state index in [4.69, 9.17) is 5.26 Å². The Hall–Kier alpha value is -3.88. The summed E-state index contributed by atoms with van der Waals surface area (Å²) < 4.78 is 15.1. The van der Waals surface area contributed by atoms with Gasteiger partial charge in [0.1, 0.15) is 5.82 Å². The molecule has 0 radical (unpaired) electrons. The summed E-state index contributed by atoms with van der Waals surface area (Å²) in [4.78, 5) is 0. The zero-order valence-electron chi connectivity index (χ0n) is 17.5. The molecular weight excluding hydrogens is 381 g/mol.